The Morgan fingerprint density at radius 2 is 2.18 bits per heavy atom. The summed E-state index contributed by atoms with van der Waals surface area (Å²) in [6.45, 7) is 7.15. The number of nitrogens with zero attached hydrogens (tertiary/aromatic N) is 3. The van der Waals surface area contributed by atoms with Gasteiger partial charge in [0.05, 0.1) is 38.8 Å². The first kappa shape index (κ1) is 19.2. The molecule has 0 radical (unpaired) electrons. The van der Waals surface area contributed by atoms with E-state index in [1.54, 1.807) is 6.26 Å². The van der Waals surface area contributed by atoms with E-state index in [4.69, 9.17) is 9.15 Å². The van der Waals surface area contributed by atoms with E-state index in [0.717, 1.165) is 64.5 Å². The van der Waals surface area contributed by atoms with Gasteiger partial charge in [0.2, 0.25) is 5.91 Å². The van der Waals surface area contributed by atoms with E-state index in [1.807, 2.05) is 18.3 Å². The summed E-state index contributed by atoms with van der Waals surface area (Å²) in [6.07, 6.45) is 5.80. The van der Waals surface area contributed by atoms with E-state index in [-0.39, 0.29) is 5.91 Å². The predicted molar refractivity (Wildman–Crippen MR) is 104 cm³/mol. The highest BCUT2D eigenvalue weighted by molar-refractivity contribution is 5.77. The SMILES string of the molecule is O=C(CN1CCC[C@H](c2[nH]ncc2CN2CCOCC2)C1)NCc1ccco1. The lowest BCUT2D eigenvalue weighted by atomic mass is 9.92. The second-order valence-electron chi connectivity index (χ2n) is 7.63. The summed E-state index contributed by atoms with van der Waals surface area (Å²) in [4.78, 5) is 17.0. The van der Waals surface area contributed by atoms with E-state index in [1.165, 1.54) is 11.3 Å². The van der Waals surface area contributed by atoms with E-state index < -0.39 is 0 Å². The Balaban J connectivity index is 1.30. The number of morpholine rings is 1. The zero-order valence-corrected chi connectivity index (χ0v) is 16.2. The quantitative estimate of drug-likeness (QED) is 0.745. The first-order valence-corrected chi connectivity index (χ1v) is 10.1. The zero-order valence-electron chi connectivity index (χ0n) is 16.2. The van der Waals surface area contributed by atoms with Gasteiger partial charge in [-0.2, -0.15) is 5.10 Å². The van der Waals surface area contributed by atoms with Crippen LogP contribution < -0.4 is 5.32 Å². The molecule has 2 aliphatic rings. The molecule has 0 aromatic carbocycles. The number of furan rings is 1. The first-order valence-electron chi connectivity index (χ1n) is 10.1. The Labute approximate surface area is 165 Å². The molecule has 0 saturated carbocycles. The summed E-state index contributed by atoms with van der Waals surface area (Å²) >= 11 is 0. The Hall–Kier alpha value is -2.16. The van der Waals surface area contributed by atoms with Gasteiger partial charge in [-0.25, -0.2) is 0 Å². The van der Waals surface area contributed by atoms with Gasteiger partial charge in [-0.3, -0.25) is 19.7 Å². The number of hydrogen-bond donors (Lipinski definition) is 2. The third-order valence-electron chi connectivity index (χ3n) is 5.57. The van der Waals surface area contributed by atoms with Crippen molar-refractivity contribution in [3.05, 3.63) is 41.6 Å². The number of likely N-dealkylation sites (tertiary alicyclic amines) is 1. The smallest absolute Gasteiger partial charge is 0.234 e. The number of ether oxygens (including phenoxy) is 1. The number of aromatic amines is 1. The number of nitrogens with one attached hydrogen (secondary N) is 2. The lowest BCUT2D eigenvalue weighted by Gasteiger charge is -2.33. The molecule has 1 amide bonds. The lowest BCUT2D eigenvalue weighted by molar-refractivity contribution is -0.122. The van der Waals surface area contributed by atoms with Crippen molar-refractivity contribution in [2.75, 3.05) is 45.9 Å². The number of carbonyl (C=O) groups is 1. The molecule has 4 rings (SSSR count). The molecule has 4 heterocycles. The Morgan fingerprint density at radius 1 is 1.29 bits per heavy atom. The van der Waals surface area contributed by atoms with Crippen LogP contribution in [-0.4, -0.2) is 71.8 Å². The average Bonchev–Trinajstić information content (AvgIpc) is 3.39. The molecule has 2 N–H and O–H groups in total. The van der Waals surface area contributed by atoms with Crippen LogP contribution in [0.1, 0.15) is 35.8 Å². The molecule has 2 saturated heterocycles. The summed E-state index contributed by atoms with van der Waals surface area (Å²) < 4.78 is 10.7. The molecule has 28 heavy (non-hydrogen) atoms. The van der Waals surface area contributed by atoms with Gasteiger partial charge in [-0.05, 0) is 31.5 Å². The summed E-state index contributed by atoms with van der Waals surface area (Å²) in [5.74, 6) is 1.20. The van der Waals surface area contributed by atoms with Crippen LogP contribution in [0.4, 0.5) is 0 Å². The monoisotopic (exact) mass is 387 g/mol. The van der Waals surface area contributed by atoms with Crippen molar-refractivity contribution in [2.45, 2.75) is 31.8 Å². The minimum atomic E-state index is 0.0372. The highest BCUT2D eigenvalue weighted by Crippen LogP contribution is 2.28. The van der Waals surface area contributed by atoms with E-state index in [0.29, 0.717) is 19.0 Å². The minimum absolute atomic E-state index is 0.0372. The number of hydrogen-bond acceptors (Lipinski definition) is 6. The van der Waals surface area contributed by atoms with Crippen LogP contribution >= 0.6 is 0 Å². The average molecular weight is 387 g/mol. The third kappa shape index (κ3) is 5.01. The number of carbonyl (C=O) groups excluding carboxylic acids is 1. The Kier molecular flexibility index (Phi) is 6.41. The van der Waals surface area contributed by atoms with Gasteiger partial charge >= 0.3 is 0 Å². The summed E-state index contributed by atoms with van der Waals surface area (Å²) in [5.41, 5.74) is 2.50. The topological polar surface area (TPSA) is 86.6 Å². The van der Waals surface area contributed by atoms with Crippen molar-refractivity contribution in [3.63, 3.8) is 0 Å². The standard InChI is InChI=1S/C20H29N5O3/c26-19(21-12-18-4-2-8-28-18)15-25-5-1-3-16(13-25)20-17(11-22-23-20)14-24-6-9-27-10-7-24/h2,4,8,11,16H,1,3,5-7,9-10,12-15H2,(H,21,26)(H,22,23)/t16-/m0/s1. The second-order valence-corrected chi connectivity index (χ2v) is 7.63. The summed E-state index contributed by atoms with van der Waals surface area (Å²) in [7, 11) is 0. The first-order chi connectivity index (χ1) is 13.8. The largest absolute Gasteiger partial charge is 0.467 e. The molecule has 8 nitrogen and oxygen atoms in total. The van der Waals surface area contributed by atoms with Gasteiger partial charge in [-0.15, -0.1) is 0 Å². The van der Waals surface area contributed by atoms with Crippen molar-refractivity contribution < 1.29 is 13.9 Å². The molecule has 0 unspecified atom stereocenters. The molecule has 1 atom stereocenters. The fourth-order valence-corrected chi connectivity index (χ4v) is 4.09. The number of piperidine rings is 1. The van der Waals surface area contributed by atoms with Crippen LogP contribution in [0.2, 0.25) is 0 Å². The van der Waals surface area contributed by atoms with Crippen molar-refractivity contribution >= 4 is 5.91 Å². The van der Waals surface area contributed by atoms with Crippen molar-refractivity contribution in [3.8, 4) is 0 Å². The number of H-pyrrole nitrogens is 1. The fourth-order valence-electron chi connectivity index (χ4n) is 4.09. The maximum Gasteiger partial charge on any atom is 0.234 e. The van der Waals surface area contributed by atoms with Gasteiger partial charge in [0.15, 0.2) is 0 Å². The van der Waals surface area contributed by atoms with Gasteiger partial charge in [-0.1, -0.05) is 0 Å². The highest BCUT2D eigenvalue weighted by atomic mass is 16.5. The Bertz CT molecular complexity index is 739. The molecule has 152 valence electrons. The predicted octanol–water partition coefficient (Wildman–Crippen LogP) is 1.33. The molecule has 0 spiro atoms. The second kappa shape index (κ2) is 9.36. The van der Waals surface area contributed by atoms with E-state index in [9.17, 15) is 4.79 Å². The number of aromatic nitrogens is 2. The van der Waals surface area contributed by atoms with Crippen LogP contribution in [0, 0.1) is 0 Å². The highest BCUT2D eigenvalue weighted by Gasteiger charge is 2.26. The molecule has 2 aromatic heterocycles. The van der Waals surface area contributed by atoms with Crippen LogP contribution in [0.15, 0.2) is 29.0 Å². The molecule has 0 bridgehead atoms. The molecule has 8 heteroatoms. The van der Waals surface area contributed by atoms with Gasteiger partial charge in [0.25, 0.3) is 0 Å². The van der Waals surface area contributed by atoms with Gasteiger partial charge in [0.1, 0.15) is 5.76 Å². The number of amides is 1. The molecule has 0 aliphatic carbocycles. The van der Waals surface area contributed by atoms with E-state index in [2.05, 4.69) is 25.3 Å². The maximum atomic E-state index is 12.3. The number of rotatable bonds is 7. The van der Waals surface area contributed by atoms with Gasteiger partial charge < -0.3 is 14.5 Å². The van der Waals surface area contributed by atoms with Crippen molar-refractivity contribution in [1.82, 2.24) is 25.3 Å². The van der Waals surface area contributed by atoms with Crippen molar-refractivity contribution in [2.24, 2.45) is 0 Å². The molecular formula is C20H29N5O3. The normalized spacial score (nSPS) is 21.6. The minimum Gasteiger partial charge on any atom is -0.467 e. The lowest BCUT2D eigenvalue weighted by Crippen LogP contribution is -2.42. The molecule has 2 aromatic rings. The van der Waals surface area contributed by atoms with Crippen LogP contribution in [-0.2, 0) is 22.6 Å². The van der Waals surface area contributed by atoms with Crippen LogP contribution in [0.25, 0.3) is 0 Å². The Morgan fingerprint density at radius 3 is 3.00 bits per heavy atom. The van der Waals surface area contributed by atoms with Gasteiger partial charge in [0, 0.05) is 43.4 Å². The summed E-state index contributed by atoms with van der Waals surface area (Å²) in [6, 6.07) is 3.70. The molecule has 2 fully saturated rings. The summed E-state index contributed by atoms with van der Waals surface area (Å²) in [5, 5.41) is 10.5. The third-order valence-corrected chi connectivity index (χ3v) is 5.57. The molecule has 2 aliphatic heterocycles. The fraction of sp³-hybridized carbons (Fsp3) is 0.600. The van der Waals surface area contributed by atoms with Crippen molar-refractivity contribution in [1.29, 1.82) is 0 Å². The van der Waals surface area contributed by atoms with E-state index >= 15 is 0 Å². The maximum absolute atomic E-state index is 12.3. The molecular weight excluding hydrogens is 358 g/mol. The van der Waals surface area contributed by atoms with Crippen LogP contribution in [0.3, 0.4) is 0 Å². The zero-order chi connectivity index (χ0) is 19.2. The van der Waals surface area contributed by atoms with Crippen LogP contribution in [0.5, 0.6) is 0 Å².